The lowest BCUT2D eigenvalue weighted by atomic mass is 10.1. The first-order chi connectivity index (χ1) is 12.8. The van der Waals surface area contributed by atoms with Gasteiger partial charge in [0.05, 0.1) is 4.90 Å². The fourth-order valence-corrected chi connectivity index (χ4v) is 4.41. The molecule has 6 nitrogen and oxygen atoms in total. The lowest BCUT2D eigenvalue weighted by molar-refractivity contribution is 0.0933. The molecule has 1 aliphatic carbocycles. The molecule has 1 amide bonds. The van der Waals surface area contributed by atoms with E-state index >= 15 is 0 Å². The summed E-state index contributed by atoms with van der Waals surface area (Å²) in [5.41, 5.74) is 8.15. The number of sulfonamides is 1. The van der Waals surface area contributed by atoms with Crippen LogP contribution in [0.4, 0.5) is 5.69 Å². The molecule has 2 aromatic rings. The monoisotopic (exact) mass is 387 g/mol. The van der Waals surface area contributed by atoms with Crippen LogP contribution in [0, 0.1) is 19.8 Å². The highest BCUT2D eigenvalue weighted by Crippen LogP contribution is 2.32. The van der Waals surface area contributed by atoms with E-state index in [1.54, 1.807) is 43.3 Å². The maximum atomic E-state index is 12.7. The number of amides is 1. The standard InChI is InChI=1S/C20H25N3O3S/c1-13-3-4-14(2)19(11-13)27(25,26)23-17-9-7-16(8-10-17)20(24)22-18(12-21)15-5-6-15/h3-4,7-11,15,18,23H,5-6,12,21H2,1-2H3,(H,22,24). The zero-order chi connectivity index (χ0) is 19.6. The zero-order valence-electron chi connectivity index (χ0n) is 15.5. The van der Waals surface area contributed by atoms with Crippen LogP contribution in [-0.2, 0) is 10.0 Å². The number of hydrogen-bond donors (Lipinski definition) is 3. The Balaban J connectivity index is 1.71. The second-order valence-electron chi connectivity index (χ2n) is 7.10. The molecule has 1 fully saturated rings. The molecule has 0 aromatic heterocycles. The molecule has 27 heavy (non-hydrogen) atoms. The summed E-state index contributed by atoms with van der Waals surface area (Å²) in [7, 11) is -3.69. The van der Waals surface area contributed by atoms with Crippen molar-refractivity contribution in [3.63, 3.8) is 0 Å². The van der Waals surface area contributed by atoms with E-state index in [1.807, 2.05) is 13.0 Å². The van der Waals surface area contributed by atoms with Gasteiger partial charge in [-0.3, -0.25) is 9.52 Å². The van der Waals surface area contributed by atoms with Gasteiger partial charge in [0.1, 0.15) is 0 Å². The summed E-state index contributed by atoms with van der Waals surface area (Å²) in [6.45, 7) is 4.03. The molecular formula is C20H25N3O3S. The molecule has 2 aromatic carbocycles. The second-order valence-corrected chi connectivity index (χ2v) is 8.76. The topological polar surface area (TPSA) is 101 Å². The maximum absolute atomic E-state index is 12.7. The first-order valence-corrected chi connectivity index (χ1v) is 10.5. The first kappa shape index (κ1) is 19.4. The van der Waals surface area contributed by atoms with Gasteiger partial charge in [0.15, 0.2) is 0 Å². The molecule has 1 aliphatic rings. The predicted octanol–water partition coefficient (Wildman–Crippen LogP) is 2.57. The molecule has 0 bridgehead atoms. The van der Waals surface area contributed by atoms with Gasteiger partial charge >= 0.3 is 0 Å². The minimum absolute atomic E-state index is 0.0000233. The molecule has 0 aliphatic heterocycles. The van der Waals surface area contributed by atoms with Crippen LogP contribution in [0.5, 0.6) is 0 Å². The van der Waals surface area contributed by atoms with E-state index in [0.29, 0.717) is 29.3 Å². The number of rotatable bonds is 7. The summed E-state index contributed by atoms with van der Waals surface area (Å²) in [6.07, 6.45) is 2.20. The maximum Gasteiger partial charge on any atom is 0.262 e. The van der Waals surface area contributed by atoms with Crippen molar-refractivity contribution in [2.24, 2.45) is 11.7 Å². The highest BCUT2D eigenvalue weighted by atomic mass is 32.2. The van der Waals surface area contributed by atoms with Crippen LogP contribution in [0.3, 0.4) is 0 Å². The van der Waals surface area contributed by atoms with Crippen LogP contribution >= 0.6 is 0 Å². The Morgan fingerprint density at radius 3 is 2.41 bits per heavy atom. The Kier molecular flexibility index (Phi) is 5.53. The highest BCUT2D eigenvalue weighted by Gasteiger charge is 2.31. The number of aryl methyl sites for hydroxylation is 2. The second kappa shape index (κ2) is 7.70. The summed E-state index contributed by atoms with van der Waals surface area (Å²) < 4.78 is 27.9. The first-order valence-electron chi connectivity index (χ1n) is 9.01. The predicted molar refractivity (Wildman–Crippen MR) is 106 cm³/mol. The van der Waals surface area contributed by atoms with E-state index in [2.05, 4.69) is 10.0 Å². The third-order valence-corrected chi connectivity index (χ3v) is 6.32. The van der Waals surface area contributed by atoms with Gasteiger partial charge in [-0.1, -0.05) is 12.1 Å². The number of carbonyl (C=O) groups excluding carboxylic acids is 1. The van der Waals surface area contributed by atoms with Crippen LogP contribution in [-0.4, -0.2) is 26.9 Å². The third-order valence-electron chi connectivity index (χ3n) is 4.79. The molecule has 1 unspecified atom stereocenters. The Morgan fingerprint density at radius 1 is 1.15 bits per heavy atom. The number of anilines is 1. The number of carbonyl (C=O) groups is 1. The summed E-state index contributed by atoms with van der Waals surface area (Å²) in [4.78, 5) is 12.6. The molecule has 1 saturated carbocycles. The van der Waals surface area contributed by atoms with Crippen molar-refractivity contribution in [3.05, 3.63) is 59.2 Å². The smallest absolute Gasteiger partial charge is 0.262 e. The van der Waals surface area contributed by atoms with Gasteiger partial charge in [-0.25, -0.2) is 8.42 Å². The fraction of sp³-hybridized carbons (Fsp3) is 0.350. The number of nitrogens with one attached hydrogen (secondary N) is 2. The number of hydrogen-bond acceptors (Lipinski definition) is 4. The van der Waals surface area contributed by atoms with E-state index in [0.717, 1.165) is 18.4 Å². The van der Waals surface area contributed by atoms with Crippen molar-refractivity contribution < 1.29 is 13.2 Å². The molecule has 1 atom stereocenters. The number of benzene rings is 2. The lowest BCUT2D eigenvalue weighted by Gasteiger charge is -2.16. The summed E-state index contributed by atoms with van der Waals surface area (Å²) >= 11 is 0. The van der Waals surface area contributed by atoms with E-state index in [1.165, 1.54) is 0 Å². The third kappa shape index (κ3) is 4.67. The van der Waals surface area contributed by atoms with E-state index < -0.39 is 10.0 Å². The van der Waals surface area contributed by atoms with Gasteiger partial charge in [-0.15, -0.1) is 0 Å². The van der Waals surface area contributed by atoms with Crippen molar-refractivity contribution in [1.82, 2.24) is 5.32 Å². The average Bonchev–Trinajstić information content (AvgIpc) is 3.46. The van der Waals surface area contributed by atoms with Gasteiger partial charge in [0.25, 0.3) is 15.9 Å². The molecule has 3 rings (SSSR count). The largest absolute Gasteiger partial charge is 0.348 e. The van der Waals surface area contributed by atoms with Gasteiger partial charge in [0, 0.05) is 23.8 Å². The molecule has 4 N–H and O–H groups in total. The zero-order valence-corrected chi connectivity index (χ0v) is 16.3. The molecule has 0 saturated heterocycles. The van der Waals surface area contributed by atoms with Crippen molar-refractivity contribution in [2.75, 3.05) is 11.3 Å². The lowest BCUT2D eigenvalue weighted by Crippen LogP contribution is -2.41. The van der Waals surface area contributed by atoms with Crippen LogP contribution in [0.2, 0.25) is 0 Å². The Hall–Kier alpha value is -2.38. The molecule has 0 heterocycles. The quantitative estimate of drug-likeness (QED) is 0.679. The molecule has 144 valence electrons. The normalized spacial score (nSPS) is 15.2. The molecular weight excluding hydrogens is 362 g/mol. The SMILES string of the molecule is Cc1ccc(C)c(S(=O)(=O)Nc2ccc(C(=O)NC(CN)C3CC3)cc2)c1. The van der Waals surface area contributed by atoms with Crippen LogP contribution < -0.4 is 15.8 Å². The van der Waals surface area contributed by atoms with E-state index in [9.17, 15) is 13.2 Å². The Bertz CT molecular complexity index is 935. The minimum Gasteiger partial charge on any atom is -0.348 e. The Labute approximate surface area is 160 Å². The van der Waals surface area contributed by atoms with Gasteiger partial charge < -0.3 is 11.1 Å². The summed E-state index contributed by atoms with van der Waals surface area (Å²) in [6, 6.07) is 11.7. The van der Waals surface area contributed by atoms with Crippen LogP contribution in [0.1, 0.15) is 34.3 Å². The average molecular weight is 388 g/mol. The number of nitrogens with two attached hydrogens (primary N) is 1. The van der Waals surface area contributed by atoms with Crippen LogP contribution in [0.15, 0.2) is 47.4 Å². The van der Waals surface area contributed by atoms with Gasteiger partial charge in [-0.2, -0.15) is 0 Å². The van der Waals surface area contributed by atoms with Crippen molar-refractivity contribution in [2.45, 2.75) is 37.6 Å². The van der Waals surface area contributed by atoms with E-state index in [-0.39, 0.29) is 16.8 Å². The van der Waals surface area contributed by atoms with Gasteiger partial charge in [0.2, 0.25) is 0 Å². The molecule has 0 spiro atoms. The summed E-state index contributed by atoms with van der Waals surface area (Å²) in [5, 5.41) is 2.95. The Morgan fingerprint density at radius 2 is 1.81 bits per heavy atom. The van der Waals surface area contributed by atoms with Crippen LogP contribution in [0.25, 0.3) is 0 Å². The fourth-order valence-electron chi connectivity index (χ4n) is 3.02. The van der Waals surface area contributed by atoms with Gasteiger partial charge in [-0.05, 0) is 74.1 Å². The van der Waals surface area contributed by atoms with Crippen molar-refractivity contribution in [1.29, 1.82) is 0 Å². The minimum atomic E-state index is -3.69. The molecule has 7 heteroatoms. The van der Waals surface area contributed by atoms with Crippen molar-refractivity contribution >= 4 is 21.6 Å². The molecule has 0 radical (unpaired) electrons. The van der Waals surface area contributed by atoms with Crippen molar-refractivity contribution in [3.8, 4) is 0 Å². The van der Waals surface area contributed by atoms with E-state index in [4.69, 9.17) is 5.73 Å². The highest BCUT2D eigenvalue weighted by molar-refractivity contribution is 7.92. The summed E-state index contributed by atoms with van der Waals surface area (Å²) in [5.74, 6) is 0.281.